The Bertz CT molecular complexity index is 522. The molecule has 17 heavy (non-hydrogen) atoms. The average molecular weight is 257 g/mol. The normalized spacial score (nSPS) is 11.4. The second-order valence-electron chi connectivity index (χ2n) is 3.77. The van der Waals surface area contributed by atoms with Gasteiger partial charge in [0.05, 0.1) is 4.90 Å². The van der Waals surface area contributed by atoms with Crippen molar-refractivity contribution in [3.63, 3.8) is 0 Å². The molecule has 94 valence electrons. The summed E-state index contributed by atoms with van der Waals surface area (Å²) in [6.45, 7) is 1.98. The molecule has 1 amide bonds. The SMILES string of the molecule is CCCCc1ccc(C(N)=O)cc1S(=O)(=O)O. The van der Waals surface area contributed by atoms with E-state index in [0.717, 1.165) is 18.9 Å². The Labute approximate surface area is 100 Å². The molecule has 6 heteroatoms. The van der Waals surface area contributed by atoms with E-state index in [1.54, 1.807) is 0 Å². The Morgan fingerprint density at radius 1 is 1.41 bits per heavy atom. The number of rotatable bonds is 5. The lowest BCUT2D eigenvalue weighted by Gasteiger charge is -2.07. The molecule has 1 aromatic carbocycles. The highest BCUT2D eigenvalue weighted by Gasteiger charge is 2.17. The van der Waals surface area contributed by atoms with E-state index in [2.05, 4.69) is 0 Å². The van der Waals surface area contributed by atoms with Crippen LogP contribution in [-0.2, 0) is 16.5 Å². The highest BCUT2D eigenvalue weighted by Crippen LogP contribution is 2.19. The summed E-state index contributed by atoms with van der Waals surface area (Å²) >= 11 is 0. The lowest BCUT2D eigenvalue weighted by Crippen LogP contribution is -2.13. The van der Waals surface area contributed by atoms with E-state index in [-0.39, 0.29) is 10.5 Å². The van der Waals surface area contributed by atoms with Gasteiger partial charge in [-0.1, -0.05) is 19.4 Å². The Balaban J connectivity index is 3.27. The molecule has 0 fully saturated rings. The summed E-state index contributed by atoms with van der Waals surface area (Å²) in [6.07, 6.45) is 2.24. The van der Waals surface area contributed by atoms with E-state index >= 15 is 0 Å². The van der Waals surface area contributed by atoms with Crippen LogP contribution in [0.25, 0.3) is 0 Å². The molecule has 0 atom stereocenters. The molecule has 0 saturated carbocycles. The Hall–Kier alpha value is -1.40. The van der Waals surface area contributed by atoms with Crippen LogP contribution in [0.5, 0.6) is 0 Å². The van der Waals surface area contributed by atoms with Crippen molar-refractivity contribution in [3.8, 4) is 0 Å². The van der Waals surface area contributed by atoms with Gasteiger partial charge in [0, 0.05) is 5.56 Å². The number of hydrogen-bond acceptors (Lipinski definition) is 3. The van der Waals surface area contributed by atoms with Crippen LogP contribution < -0.4 is 5.73 Å². The first-order chi connectivity index (χ1) is 7.86. The topological polar surface area (TPSA) is 97.5 Å². The molecule has 1 rings (SSSR count). The Morgan fingerprint density at radius 2 is 2.06 bits per heavy atom. The van der Waals surface area contributed by atoms with Crippen LogP contribution in [0.4, 0.5) is 0 Å². The first kappa shape index (κ1) is 13.7. The van der Waals surface area contributed by atoms with Gasteiger partial charge in [-0.25, -0.2) is 0 Å². The summed E-state index contributed by atoms with van der Waals surface area (Å²) < 4.78 is 31.5. The van der Waals surface area contributed by atoms with E-state index in [9.17, 15) is 13.2 Å². The van der Waals surface area contributed by atoms with Crippen molar-refractivity contribution >= 4 is 16.0 Å². The van der Waals surface area contributed by atoms with Gasteiger partial charge < -0.3 is 5.73 Å². The summed E-state index contributed by atoms with van der Waals surface area (Å²) in [5.74, 6) is -0.725. The molecule has 0 saturated heterocycles. The lowest BCUT2D eigenvalue weighted by molar-refractivity contribution is 0.1000. The van der Waals surface area contributed by atoms with Crippen molar-refractivity contribution in [1.82, 2.24) is 0 Å². The summed E-state index contributed by atoms with van der Waals surface area (Å²) in [7, 11) is -4.33. The molecular weight excluding hydrogens is 242 g/mol. The molecule has 3 N–H and O–H groups in total. The summed E-state index contributed by atoms with van der Waals surface area (Å²) in [5, 5.41) is 0. The van der Waals surface area contributed by atoms with Gasteiger partial charge in [0.2, 0.25) is 5.91 Å². The fourth-order valence-electron chi connectivity index (χ4n) is 1.52. The quantitative estimate of drug-likeness (QED) is 0.778. The largest absolute Gasteiger partial charge is 0.366 e. The second-order valence-corrected chi connectivity index (χ2v) is 5.16. The van der Waals surface area contributed by atoms with Crippen molar-refractivity contribution < 1.29 is 17.8 Å². The minimum absolute atomic E-state index is 0.0675. The van der Waals surface area contributed by atoms with Crippen molar-refractivity contribution in [3.05, 3.63) is 29.3 Å². The number of primary amides is 1. The zero-order valence-corrected chi connectivity index (χ0v) is 10.3. The number of benzene rings is 1. The number of amides is 1. The zero-order valence-electron chi connectivity index (χ0n) is 9.51. The number of unbranched alkanes of at least 4 members (excludes halogenated alkanes) is 1. The first-order valence-corrected chi connectivity index (χ1v) is 6.70. The average Bonchev–Trinajstić information content (AvgIpc) is 2.24. The molecule has 0 aliphatic rings. The number of nitrogens with two attached hydrogens (primary N) is 1. The third-order valence-corrected chi connectivity index (χ3v) is 3.37. The number of carbonyl (C=O) groups is 1. The molecule has 0 bridgehead atoms. The maximum Gasteiger partial charge on any atom is 0.294 e. The molecule has 0 unspecified atom stereocenters. The van der Waals surface area contributed by atoms with Gasteiger partial charge in [-0.15, -0.1) is 0 Å². The number of hydrogen-bond donors (Lipinski definition) is 2. The van der Waals surface area contributed by atoms with Crippen LogP contribution in [0, 0.1) is 0 Å². The zero-order chi connectivity index (χ0) is 13.1. The highest BCUT2D eigenvalue weighted by molar-refractivity contribution is 7.85. The molecule has 0 radical (unpaired) electrons. The molecule has 0 aliphatic heterocycles. The fourth-order valence-corrected chi connectivity index (χ4v) is 2.30. The van der Waals surface area contributed by atoms with Gasteiger partial charge in [0.15, 0.2) is 0 Å². The van der Waals surface area contributed by atoms with Crippen LogP contribution in [0.15, 0.2) is 23.1 Å². The van der Waals surface area contributed by atoms with Gasteiger partial charge in [-0.3, -0.25) is 9.35 Å². The third kappa shape index (κ3) is 3.54. The maximum atomic E-state index is 11.2. The van der Waals surface area contributed by atoms with Gasteiger partial charge in [0.1, 0.15) is 0 Å². The lowest BCUT2D eigenvalue weighted by atomic mass is 10.1. The Morgan fingerprint density at radius 3 is 2.53 bits per heavy atom. The van der Waals surface area contributed by atoms with Crippen molar-refractivity contribution in [2.75, 3.05) is 0 Å². The van der Waals surface area contributed by atoms with Gasteiger partial charge in [-0.05, 0) is 30.5 Å². The van der Waals surface area contributed by atoms with Gasteiger partial charge in [0.25, 0.3) is 10.1 Å². The molecule has 0 aliphatic carbocycles. The van der Waals surface area contributed by atoms with Crippen LogP contribution in [0.2, 0.25) is 0 Å². The van der Waals surface area contributed by atoms with Crippen LogP contribution in [0.1, 0.15) is 35.7 Å². The maximum absolute atomic E-state index is 11.2. The van der Waals surface area contributed by atoms with Crippen molar-refractivity contribution in [2.45, 2.75) is 31.1 Å². The van der Waals surface area contributed by atoms with Crippen LogP contribution >= 0.6 is 0 Å². The van der Waals surface area contributed by atoms with Gasteiger partial charge >= 0.3 is 0 Å². The summed E-state index contributed by atoms with van der Waals surface area (Å²) in [4.78, 5) is 10.7. The smallest absolute Gasteiger partial charge is 0.294 e. The highest BCUT2D eigenvalue weighted by atomic mass is 32.2. The molecular formula is C11H15NO4S. The van der Waals surface area contributed by atoms with E-state index in [1.165, 1.54) is 12.1 Å². The number of aryl methyl sites for hydroxylation is 1. The predicted molar refractivity (Wildman–Crippen MR) is 63.4 cm³/mol. The minimum atomic E-state index is -4.33. The van der Waals surface area contributed by atoms with E-state index in [4.69, 9.17) is 10.3 Å². The third-order valence-electron chi connectivity index (χ3n) is 2.43. The fraction of sp³-hybridized carbons (Fsp3) is 0.364. The summed E-state index contributed by atoms with van der Waals surface area (Å²) in [6, 6.07) is 4.09. The van der Waals surface area contributed by atoms with E-state index in [0.29, 0.717) is 12.0 Å². The van der Waals surface area contributed by atoms with E-state index < -0.39 is 16.0 Å². The first-order valence-electron chi connectivity index (χ1n) is 5.26. The monoisotopic (exact) mass is 257 g/mol. The minimum Gasteiger partial charge on any atom is -0.366 e. The predicted octanol–water partition coefficient (Wildman–Crippen LogP) is 1.37. The van der Waals surface area contributed by atoms with E-state index in [1.807, 2.05) is 6.92 Å². The molecule has 5 nitrogen and oxygen atoms in total. The van der Waals surface area contributed by atoms with Crippen molar-refractivity contribution in [1.29, 1.82) is 0 Å². The van der Waals surface area contributed by atoms with Crippen LogP contribution in [0.3, 0.4) is 0 Å². The van der Waals surface area contributed by atoms with Gasteiger partial charge in [-0.2, -0.15) is 8.42 Å². The molecule has 0 aromatic heterocycles. The number of carbonyl (C=O) groups excluding carboxylic acids is 1. The van der Waals surface area contributed by atoms with Crippen molar-refractivity contribution in [2.24, 2.45) is 5.73 Å². The Kier molecular flexibility index (Phi) is 4.25. The summed E-state index contributed by atoms with van der Waals surface area (Å²) in [5.41, 5.74) is 5.63. The molecule has 1 aromatic rings. The molecule has 0 spiro atoms. The second kappa shape index (κ2) is 5.29. The van der Waals surface area contributed by atoms with Crippen LogP contribution in [-0.4, -0.2) is 18.9 Å². The molecule has 0 heterocycles. The standard InChI is InChI=1S/C11H15NO4S/c1-2-3-4-8-5-6-9(11(12)13)7-10(8)17(14,15)16/h5-7H,2-4H2,1H3,(H2,12,13)(H,14,15,16).